The lowest BCUT2D eigenvalue weighted by Gasteiger charge is -2.32. The highest BCUT2D eigenvalue weighted by molar-refractivity contribution is 5.79. The first-order valence-electron chi connectivity index (χ1n) is 10.00. The number of halogens is 3. The van der Waals surface area contributed by atoms with E-state index >= 15 is 0 Å². The van der Waals surface area contributed by atoms with E-state index in [1.807, 2.05) is 36.1 Å². The molecule has 0 N–H and O–H groups in total. The number of ether oxygens (including phenoxy) is 1. The number of nitrogens with zero attached hydrogens (tertiary/aromatic N) is 4. The first-order valence-corrected chi connectivity index (χ1v) is 10.00. The van der Waals surface area contributed by atoms with Crippen molar-refractivity contribution >= 4 is 12.0 Å². The van der Waals surface area contributed by atoms with Gasteiger partial charge < -0.3 is 14.5 Å². The third kappa shape index (κ3) is 6.33. The molecule has 9 heteroatoms. The zero-order valence-electron chi connectivity index (χ0n) is 16.8. The second kappa shape index (κ2) is 10.3. The molecule has 0 bridgehead atoms. The van der Waals surface area contributed by atoms with Crippen LogP contribution in [0.25, 0.3) is 0 Å². The molecule has 2 aromatic rings. The fraction of sp³-hybridized carbons (Fsp3) is 0.476. The Bertz CT molecular complexity index is 802. The van der Waals surface area contributed by atoms with Crippen LogP contribution in [-0.2, 0) is 11.0 Å². The van der Waals surface area contributed by atoms with Gasteiger partial charge in [-0.1, -0.05) is 5.16 Å². The third-order valence-corrected chi connectivity index (χ3v) is 4.96. The van der Waals surface area contributed by atoms with Crippen molar-refractivity contribution in [2.75, 3.05) is 31.2 Å². The van der Waals surface area contributed by atoms with E-state index < -0.39 is 11.9 Å². The lowest BCUT2D eigenvalue weighted by molar-refractivity contribution is -0.141. The van der Waals surface area contributed by atoms with Gasteiger partial charge in [0.2, 0.25) is 0 Å². The average Bonchev–Trinajstić information content (AvgIpc) is 2.75. The van der Waals surface area contributed by atoms with Crippen LogP contribution < -0.4 is 9.64 Å². The van der Waals surface area contributed by atoms with E-state index in [0.717, 1.165) is 49.7 Å². The molecule has 0 aliphatic carbocycles. The molecule has 1 aliphatic heterocycles. The fourth-order valence-corrected chi connectivity index (χ4v) is 3.26. The second-order valence-corrected chi connectivity index (χ2v) is 7.06. The lowest BCUT2D eigenvalue weighted by atomic mass is 9.94. The van der Waals surface area contributed by atoms with Crippen LogP contribution in [0.4, 0.5) is 19.0 Å². The average molecular weight is 422 g/mol. The summed E-state index contributed by atoms with van der Waals surface area (Å²) in [5, 5.41) is 10.9. The number of oxime groups is 1. The van der Waals surface area contributed by atoms with Crippen LogP contribution in [0.15, 0.2) is 41.6 Å². The maximum atomic E-state index is 12.6. The molecule has 1 aromatic carbocycles. The van der Waals surface area contributed by atoms with Crippen LogP contribution in [0.1, 0.15) is 37.4 Å². The minimum absolute atomic E-state index is 0.491. The molecule has 1 fully saturated rings. The monoisotopic (exact) mass is 422 g/mol. The zero-order chi connectivity index (χ0) is 21.4. The summed E-state index contributed by atoms with van der Waals surface area (Å²) in [4.78, 5) is 6.92. The first kappa shape index (κ1) is 21.9. The predicted octanol–water partition coefficient (Wildman–Crippen LogP) is 4.55. The summed E-state index contributed by atoms with van der Waals surface area (Å²) < 4.78 is 43.6. The SMILES string of the molecule is CCON=Cc1ccc(OCCC2CCN(c3ccc(C(F)(F)F)nn3)CC2)cc1. The van der Waals surface area contributed by atoms with Gasteiger partial charge in [-0.05, 0) is 74.1 Å². The number of piperidine rings is 1. The Morgan fingerprint density at radius 3 is 2.43 bits per heavy atom. The molecule has 0 atom stereocenters. The fourth-order valence-electron chi connectivity index (χ4n) is 3.26. The van der Waals surface area contributed by atoms with Gasteiger partial charge in [-0.2, -0.15) is 13.2 Å². The van der Waals surface area contributed by atoms with Crippen molar-refractivity contribution in [1.82, 2.24) is 10.2 Å². The Balaban J connectivity index is 1.39. The minimum atomic E-state index is -4.46. The van der Waals surface area contributed by atoms with E-state index in [4.69, 9.17) is 9.57 Å². The highest BCUT2D eigenvalue weighted by Crippen LogP contribution is 2.29. The molecule has 30 heavy (non-hydrogen) atoms. The lowest BCUT2D eigenvalue weighted by Crippen LogP contribution is -2.35. The van der Waals surface area contributed by atoms with Crippen LogP contribution in [0.2, 0.25) is 0 Å². The normalized spacial score (nSPS) is 15.5. The van der Waals surface area contributed by atoms with E-state index in [1.165, 1.54) is 6.07 Å². The highest BCUT2D eigenvalue weighted by Gasteiger charge is 2.33. The van der Waals surface area contributed by atoms with Crippen molar-refractivity contribution in [3.8, 4) is 5.75 Å². The summed E-state index contributed by atoms with van der Waals surface area (Å²) in [6.07, 6.45) is 0.00979. The highest BCUT2D eigenvalue weighted by atomic mass is 19.4. The molecular weight excluding hydrogens is 397 g/mol. The Labute approximate surface area is 173 Å². The van der Waals surface area contributed by atoms with Crippen LogP contribution in [0.3, 0.4) is 0 Å². The van der Waals surface area contributed by atoms with Crippen LogP contribution >= 0.6 is 0 Å². The number of anilines is 1. The molecule has 0 spiro atoms. The topological polar surface area (TPSA) is 59.8 Å². The van der Waals surface area contributed by atoms with Gasteiger partial charge in [-0.25, -0.2) is 0 Å². The molecule has 1 saturated heterocycles. The van der Waals surface area contributed by atoms with E-state index in [0.29, 0.717) is 24.9 Å². The number of hydrogen-bond acceptors (Lipinski definition) is 6. The minimum Gasteiger partial charge on any atom is -0.494 e. The predicted molar refractivity (Wildman–Crippen MR) is 108 cm³/mol. The van der Waals surface area contributed by atoms with Crippen molar-refractivity contribution in [2.24, 2.45) is 11.1 Å². The molecule has 6 nitrogen and oxygen atoms in total. The molecule has 0 unspecified atom stereocenters. The summed E-state index contributed by atoms with van der Waals surface area (Å²) >= 11 is 0. The molecule has 162 valence electrons. The Morgan fingerprint density at radius 1 is 1.10 bits per heavy atom. The van der Waals surface area contributed by atoms with Gasteiger partial charge in [-0.3, -0.25) is 0 Å². The molecule has 3 rings (SSSR count). The molecular formula is C21H25F3N4O2. The maximum absolute atomic E-state index is 12.6. The molecule has 0 saturated carbocycles. The summed E-state index contributed by atoms with van der Waals surface area (Å²) in [7, 11) is 0. The molecule has 2 heterocycles. The van der Waals surface area contributed by atoms with E-state index in [-0.39, 0.29) is 0 Å². The summed E-state index contributed by atoms with van der Waals surface area (Å²) in [5.74, 6) is 1.81. The van der Waals surface area contributed by atoms with E-state index in [1.54, 1.807) is 6.21 Å². The van der Waals surface area contributed by atoms with Gasteiger partial charge in [0.1, 0.15) is 12.4 Å². The number of hydrogen-bond donors (Lipinski definition) is 0. The zero-order valence-corrected chi connectivity index (χ0v) is 16.8. The number of benzene rings is 1. The van der Waals surface area contributed by atoms with Crippen molar-refractivity contribution in [1.29, 1.82) is 0 Å². The van der Waals surface area contributed by atoms with Gasteiger partial charge in [0.05, 0.1) is 12.8 Å². The van der Waals surface area contributed by atoms with Crippen LogP contribution in [-0.4, -0.2) is 42.7 Å². The largest absolute Gasteiger partial charge is 0.494 e. The Kier molecular flexibility index (Phi) is 7.48. The number of rotatable bonds is 8. The second-order valence-electron chi connectivity index (χ2n) is 7.06. The Morgan fingerprint density at radius 2 is 1.83 bits per heavy atom. The molecule has 0 amide bonds. The van der Waals surface area contributed by atoms with Crippen molar-refractivity contribution < 1.29 is 22.7 Å². The van der Waals surface area contributed by atoms with Crippen molar-refractivity contribution in [3.63, 3.8) is 0 Å². The van der Waals surface area contributed by atoms with Gasteiger partial charge >= 0.3 is 6.18 Å². The van der Waals surface area contributed by atoms with Gasteiger partial charge in [0.25, 0.3) is 0 Å². The van der Waals surface area contributed by atoms with E-state index in [9.17, 15) is 13.2 Å². The smallest absolute Gasteiger partial charge is 0.435 e. The molecule has 1 aliphatic rings. The molecule has 0 radical (unpaired) electrons. The quantitative estimate of drug-likeness (QED) is 0.461. The Hall–Kier alpha value is -2.84. The maximum Gasteiger partial charge on any atom is 0.435 e. The van der Waals surface area contributed by atoms with Crippen molar-refractivity contribution in [2.45, 2.75) is 32.4 Å². The molecule has 1 aromatic heterocycles. The van der Waals surface area contributed by atoms with Crippen LogP contribution in [0.5, 0.6) is 5.75 Å². The van der Waals surface area contributed by atoms with Crippen LogP contribution in [0, 0.1) is 5.92 Å². The first-order chi connectivity index (χ1) is 14.5. The third-order valence-electron chi connectivity index (χ3n) is 4.96. The van der Waals surface area contributed by atoms with Gasteiger partial charge in [-0.15, -0.1) is 10.2 Å². The summed E-state index contributed by atoms with van der Waals surface area (Å²) in [6, 6.07) is 10.0. The number of alkyl halides is 3. The standard InChI is InChI=1S/C21H25F3N4O2/c1-2-30-25-15-17-3-5-18(6-4-17)29-14-11-16-9-12-28(13-10-16)20-8-7-19(26-27-20)21(22,23)24/h3-8,15-16H,2,9-14H2,1H3. The summed E-state index contributed by atoms with van der Waals surface area (Å²) in [5.41, 5.74) is -0.0255. The van der Waals surface area contributed by atoms with Gasteiger partial charge in [0, 0.05) is 13.1 Å². The van der Waals surface area contributed by atoms with E-state index in [2.05, 4.69) is 15.4 Å². The van der Waals surface area contributed by atoms with Crippen molar-refractivity contribution in [3.05, 3.63) is 47.7 Å². The van der Waals surface area contributed by atoms with Gasteiger partial charge in [0.15, 0.2) is 11.5 Å². The number of aromatic nitrogens is 2. The summed E-state index contributed by atoms with van der Waals surface area (Å²) in [6.45, 7) is 4.53.